The number of halogens is 1. The van der Waals surface area contributed by atoms with Crippen LogP contribution in [0.3, 0.4) is 0 Å². The zero-order valence-electron chi connectivity index (χ0n) is 12.3. The summed E-state index contributed by atoms with van der Waals surface area (Å²) in [5, 5.41) is 10.1. The molecule has 0 saturated carbocycles. The van der Waals surface area contributed by atoms with Gasteiger partial charge in [-0.15, -0.1) is 12.4 Å². The zero-order chi connectivity index (χ0) is 14.1. The predicted molar refractivity (Wildman–Crippen MR) is 89.8 cm³/mol. The number of hydrogen-bond acceptors (Lipinski definition) is 2. The molecule has 2 nitrogen and oxygen atoms in total. The topological polar surface area (TPSA) is 46.2 Å². The van der Waals surface area contributed by atoms with Crippen molar-refractivity contribution in [2.24, 2.45) is 5.73 Å². The van der Waals surface area contributed by atoms with Gasteiger partial charge in [-0.1, -0.05) is 55.8 Å². The van der Waals surface area contributed by atoms with Crippen LogP contribution in [0.5, 0.6) is 0 Å². The molecule has 0 saturated heterocycles. The maximum absolute atomic E-state index is 10.1. The second kappa shape index (κ2) is 6.61. The van der Waals surface area contributed by atoms with Crippen LogP contribution in [0, 0.1) is 0 Å². The summed E-state index contributed by atoms with van der Waals surface area (Å²) in [4.78, 5) is 0. The Morgan fingerprint density at radius 2 is 1.81 bits per heavy atom. The smallest absolute Gasteiger partial charge is 0.0732 e. The third-order valence-electron chi connectivity index (χ3n) is 4.20. The minimum atomic E-state index is -0.457. The Bertz CT molecular complexity index is 626. The zero-order valence-corrected chi connectivity index (χ0v) is 13.1. The summed E-state index contributed by atoms with van der Waals surface area (Å²) >= 11 is 0. The van der Waals surface area contributed by atoms with Crippen LogP contribution in [0.15, 0.2) is 42.5 Å². The average molecular weight is 304 g/mol. The van der Waals surface area contributed by atoms with E-state index >= 15 is 0 Å². The molecule has 1 aliphatic carbocycles. The van der Waals surface area contributed by atoms with Crippen LogP contribution >= 0.6 is 12.4 Å². The van der Waals surface area contributed by atoms with E-state index in [9.17, 15) is 5.11 Å². The Balaban J connectivity index is 0.00000161. The SMILES string of the molecule is CCC[C@H](O)[C@H](N)c1ccc2c(c1)Cc1ccccc1-2.Cl. The van der Waals surface area contributed by atoms with Crippen molar-refractivity contribution in [2.45, 2.75) is 38.3 Å². The number of rotatable bonds is 4. The fraction of sp³-hybridized carbons (Fsp3) is 0.333. The van der Waals surface area contributed by atoms with Crippen molar-refractivity contribution < 1.29 is 5.11 Å². The van der Waals surface area contributed by atoms with E-state index in [2.05, 4.69) is 49.4 Å². The summed E-state index contributed by atoms with van der Waals surface area (Å²) in [7, 11) is 0. The highest BCUT2D eigenvalue weighted by Gasteiger charge is 2.21. The lowest BCUT2D eigenvalue weighted by Gasteiger charge is -2.19. The van der Waals surface area contributed by atoms with Crippen molar-refractivity contribution >= 4 is 12.4 Å². The third-order valence-corrected chi connectivity index (χ3v) is 4.20. The van der Waals surface area contributed by atoms with Crippen LogP contribution in [0.1, 0.15) is 42.5 Å². The first-order valence-corrected chi connectivity index (χ1v) is 7.35. The second-order valence-electron chi connectivity index (χ2n) is 5.63. The van der Waals surface area contributed by atoms with Gasteiger partial charge in [-0.3, -0.25) is 0 Å². The number of benzene rings is 2. The van der Waals surface area contributed by atoms with Gasteiger partial charge in [0.2, 0.25) is 0 Å². The number of hydrogen-bond donors (Lipinski definition) is 2. The van der Waals surface area contributed by atoms with Crippen molar-refractivity contribution in [3.05, 3.63) is 59.2 Å². The van der Waals surface area contributed by atoms with E-state index in [1.54, 1.807) is 0 Å². The molecular weight excluding hydrogens is 282 g/mol. The molecule has 1 aliphatic rings. The molecule has 0 unspecified atom stereocenters. The maximum Gasteiger partial charge on any atom is 0.0732 e. The van der Waals surface area contributed by atoms with E-state index in [4.69, 9.17) is 5.73 Å². The van der Waals surface area contributed by atoms with Gasteiger partial charge in [0, 0.05) is 0 Å². The van der Waals surface area contributed by atoms with Crippen LogP contribution in [-0.4, -0.2) is 11.2 Å². The minimum Gasteiger partial charge on any atom is -0.391 e. The summed E-state index contributed by atoms with van der Waals surface area (Å²) in [6.07, 6.45) is 2.21. The molecule has 3 N–H and O–H groups in total. The quantitative estimate of drug-likeness (QED) is 0.769. The van der Waals surface area contributed by atoms with Crippen molar-refractivity contribution in [2.75, 3.05) is 0 Å². The van der Waals surface area contributed by atoms with E-state index in [0.717, 1.165) is 24.8 Å². The Morgan fingerprint density at radius 3 is 2.57 bits per heavy atom. The molecule has 0 aliphatic heterocycles. The third kappa shape index (κ3) is 2.98. The Labute approximate surface area is 132 Å². The summed E-state index contributed by atoms with van der Waals surface area (Å²) in [5.41, 5.74) is 12.5. The standard InChI is InChI=1S/C18H21NO.ClH/c1-2-5-17(20)18(19)13-8-9-16-14(11-13)10-12-6-3-4-7-15(12)16;/h3-4,6-9,11,17-18,20H,2,5,10,19H2,1H3;1H/t17-,18+;/m0./s1. The van der Waals surface area contributed by atoms with Crippen LogP contribution in [0.25, 0.3) is 11.1 Å². The first kappa shape index (κ1) is 16.0. The van der Waals surface area contributed by atoms with Gasteiger partial charge in [-0.2, -0.15) is 0 Å². The van der Waals surface area contributed by atoms with Gasteiger partial charge in [0.1, 0.15) is 0 Å². The largest absolute Gasteiger partial charge is 0.391 e. The monoisotopic (exact) mass is 303 g/mol. The molecule has 0 fully saturated rings. The van der Waals surface area contributed by atoms with Gasteiger partial charge in [-0.25, -0.2) is 0 Å². The molecule has 0 radical (unpaired) electrons. The van der Waals surface area contributed by atoms with Crippen LogP contribution in [-0.2, 0) is 6.42 Å². The number of aliphatic hydroxyl groups is 1. The van der Waals surface area contributed by atoms with Crippen LogP contribution < -0.4 is 5.73 Å². The number of aliphatic hydroxyl groups excluding tert-OH is 1. The summed E-state index contributed by atoms with van der Waals surface area (Å²) < 4.78 is 0. The molecule has 3 heteroatoms. The highest BCUT2D eigenvalue weighted by atomic mass is 35.5. The molecule has 0 spiro atoms. The Morgan fingerprint density at radius 1 is 1.10 bits per heavy atom. The molecule has 0 bridgehead atoms. The first-order valence-electron chi connectivity index (χ1n) is 7.35. The van der Waals surface area contributed by atoms with E-state index < -0.39 is 6.10 Å². The van der Waals surface area contributed by atoms with Gasteiger partial charge in [-0.05, 0) is 40.7 Å². The van der Waals surface area contributed by atoms with Crippen molar-refractivity contribution in [3.63, 3.8) is 0 Å². The van der Waals surface area contributed by atoms with E-state index in [-0.39, 0.29) is 18.4 Å². The lowest BCUT2D eigenvalue weighted by Crippen LogP contribution is -2.26. The molecular formula is C18H22ClNO. The van der Waals surface area contributed by atoms with Gasteiger partial charge >= 0.3 is 0 Å². The minimum absolute atomic E-state index is 0. The van der Waals surface area contributed by atoms with Crippen LogP contribution in [0.4, 0.5) is 0 Å². The molecule has 2 atom stereocenters. The fourth-order valence-electron chi connectivity index (χ4n) is 3.07. The van der Waals surface area contributed by atoms with Gasteiger partial charge < -0.3 is 10.8 Å². The summed E-state index contributed by atoms with van der Waals surface area (Å²) in [6.45, 7) is 2.06. The molecule has 2 aromatic rings. The van der Waals surface area contributed by atoms with Crippen molar-refractivity contribution in [1.29, 1.82) is 0 Å². The average Bonchev–Trinajstić information content (AvgIpc) is 2.84. The van der Waals surface area contributed by atoms with Gasteiger partial charge in [0.15, 0.2) is 0 Å². The van der Waals surface area contributed by atoms with Gasteiger partial charge in [0.05, 0.1) is 12.1 Å². The van der Waals surface area contributed by atoms with E-state index in [1.807, 2.05) is 0 Å². The first-order chi connectivity index (χ1) is 9.70. The fourth-order valence-corrected chi connectivity index (χ4v) is 3.07. The van der Waals surface area contributed by atoms with Crippen molar-refractivity contribution in [1.82, 2.24) is 0 Å². The molecule has 3 rings (SSSR count). The predicted octanol–water partition coefficient (Wildman–Crippen LogP) is 3.84. The molecule has 0 heterocycles. The lowest BCUT2D eigenvalue weighted by atomic mass is 9.95. The summed E-state index contributed by atoms with van der Waals surface area (Å²) in [5.74, 6) is 0. The van der Waals surface area contributed by atoms with Crippen molar-refractivity contribution in [3.8, 4) is 11.1 Å². The van der Waals surface area contributed by atoms with E-state index in [1.165, 1.54) is 22.3 Å². The number of fused-ring (bicyclic) bond motifs is 3. The Hall–Kier alpha value is -1.35. The molecule has 0 aromatic heterocycles. The van der Waals surface area contributed by atoms with Crippen LogP contribution in [0.2, 0.25) is 0 Å². The molecule has 21 heavy (non-hydrogen) atoms. The number of nitrogens with two attached hydrogens (primary N) is 1. The maximum atomic E-state index is 10.1. The normalized spacial score (nSPS) is 14.8. The summed E-state index contributed by atoms with van der Waals surface area (Å²) in [6, 6.07) is 14.6. The lowest BCUT2D eigenvalue weighted by molar-refractivity contribution is 0.134. The molecule has 112 valence electrons. The molecule has 0 amide bonds. The highest BCUT2D eigenvalue weighted by molar-refractivity contribution is 5.85. The van der Waals surface area contributed by atoms with Gasteiger partial charge in [0.25, 0.3) is 0 Å². The highest BCUT2D eigenvalue weighted by Crippen LogP contribution is 2.37. The second-order valence-corrected chi connectivity index (χ2v) is 5.63. The molecule has 2 aromatic carbocycles. The Kier molecular flexibility index (Phi) is 5.04. The van der Waals surface area contributed by atoms with E-state index in [0.29, 0.717) is 0 Å².